The molecule has 252 valence electrons. The summed E-state index contributed by atoms with van der Waals surface area (Å²) in [5.74, 6) is 0. The van der Waals surface area contributed by atoms with Crippen molar-refractivity contribution in [2.75, 3.05) is 4.90 Å². The molecule has 0 saturated heterocycles. The minimum Gasteiger partial charge on any atom is -0.310 e. The van der Waals surface area contributed by atoms with E-state index in [-0.39, 0.29) is 0 Å². The normalized spacial score (nSPS) is 11.7. The molecule has 1 aromatic heterocycles. The zero-order chi connectivity index (χ0) is 35.6. The van der Waals surface area contributed by atoms with Crippen molar-refractivity contribution >= 4 is 91.7 Å². The Labute approximate surface area is 317 Å². The Kier molecular flexibility index (Phi) is 7.11. The Bertz CT molecular complexity index is 3170. The number of hydrogen-bond acceptors (Lipinski definition) is 2. The van der Waals surface area contributed by atoms with E-state index < -0.39 is 0 Å². The molecule has 54 heavy (non-hydrogen) atoms. The molecule has 0 aliphatic rings. The second-order valence-corrected chi connectivity index (χ2v) is 15.1. The van der Waals surface area contributed by atoms with E-state index in [9.17, 15) is 0 Å². The number of rotatable bonds is 5. The Hall–Kier alpha value is -6.74. The van der Waals surface area contributed by atoms with Gasteiger partial charge in [0.1, 0.15) is 0 Å². The van der Waals surface area contributed by atoms with Crippen LogP contribution in [-0.2, 0) is 0 Å². The molecular weight excluding hydrogens is 671 g/mol. The summed E-state index contributed by atoms with van der Waals surface area (Å²) in [6, 6.07) is 73.5. The highest BCUT2D eigenvalue weighted by Crippen LogP contribution is 2.49. The highest BCUT2D eigenvalue weighted by molar-refractivity contribution is 7.25. The lowest BCUT2D eigenvalue weighted by molar-refractivity contribution is 1.30. The summed E-state index contributed by atoms with van der Waals surface area (Å²) in [5.41, 5.74) is 8.44. The molecule has 0 atom stereocenters. The summed E-state index contributed by atoms with van der Waals surface area (Å²) < 4.78 is 2.65. The largest absolute Gasteiger partial charge is 0.310 e. The number of anilines is 3. The lowest BCUT2D eigenvalue weighted by Crippen LogP contribution is -2.10. The second-order valence-electron chi connectivity index (χ2n) is 14.0. The van der Waals surface area contributed by atoms with Crippen molar-refractivity contribution in [2.45, 2.75) is 0 Å². The highest BCUT2D eigenvalue weighted by Gasteiger charge is 2.22. The van der Waals surface area contributed by atoms with Crippen LogP contribution in [-0.4, -0.2) is 0 Å². The smallest absolute Gasteiger partial charge is 0.0540 e. The van der Waals surface area contributed by atoms with E-state index >= 15 is 0 Å². The maximum atomic E-state index is 2.43. The predicted octanol–water partition coefficient (Wildman–Crippen LogP) is 15.5. The molecular formula is C52H33NS. The van der Waals surface area contributed by atoms with Gasteiger partial charge in [-0.1, -0.05) is 140 Å². The summed E-state index contributed by atoms with van der Waals surface area (Å²) in [6.45, 7) is 0. The van der Waals surface area contributed by atoms with Gasteiger partial charge < -0.3 is 4.90 Å². The molecule has 0 bridgehead atoms. The van der Waals surface area contributed by atoms with E-state index in [1.54, 1.807) is 0 Å². The van der Waals surface area contributed by atoms with Gasteiger partial charge in [0.05, 0.1) is 5.69 Å². The van der Waals surface area contributed by atoms with Crippen molar-refractivity contribution in [3.8, 4) is 22.3 Å². The average Bonchev–Trinajstić information content (AvgIpc) is 3.61. The maximum Gasteiger partial charge on any atom is 0.0540 e. The molecule has 0 radical (unpaired) electrons. The van der Waals surface area contributed by atoms with E-state index in [1.165, 1.54) is 85.5 Å². The van der Waals surface area contributed by atoms with Crippen LogP contribution in [0.2, 0.25) is 0 Å². The van der Waals surface area contributed by atoms with Crippen molar-refractivity contribution in [1.29, 1.82) is 0 Å². The van der Waals surface area contributed by atoms with E-state index in [0.29, 0.717) is 0 Å². The van der Waals surface area contributed by atoms with Crippen LogP contribution >= 0.6 is 11.3 Å². The van der Waals surface area contributed by atoms with Crippen LogP contribution in [0.15, 0.2) is 200 Å². The SMILES string of the molecule is c1ccc(N(c2ccccc2)c2ccc(-c3c4ccccc4c(-c4ccc5sc6ccccc6c5c4)c4cc5ccccc5cc34)c3ccccc23)cc1. The van der Waals surface area contributed by atoms with Crippen molar-refractivity contribution < 1.29 is 0 Å². The van der Waals surface area contributed by atoms with Gasteiger partial charge in [-0.3, -0.25) is 0 Å². The molecule has 0 aliphatic heterocycles. The fourth-order valence-corrected chi connectivity index (χ4v) is 9.71. The first kappa shape index (κ1) is 30.8. The van der Waals surface area contributed by atoms with Crippen molar-refractivity contribution in [1.82, 2.24) is 0 Å². The average molecular weight is 704 g/mol. The van der Waals surface area contributed by atoms with Crippen molar-refractivity contribution in [3.05, 3.63) is 200 Å². The number of para-hydroxylation sites is 2. The number of fused-ring (bicyclic) bond motifs is 7. The van der Waals surface area contributed by atoms with Gasteiger partial charge in [-0.05, 0) is 121 Å². The third-order valence-corrected chi connectivity index (χ3v) is 12.1. The second kappa shape index (κ2) is 12.4. The zero-order valence-electron chi connectivity index (χ0n) is 29.4. The van der Waals surface area contributed by atoms with E-state index in [1.807, 2.05) is 11.3 Å². The van der Waals surface area contributed by atoms with Crippen LogP contribution in [0.25, 0.3) is 85.5 Å². The lowest BCUT2D eigenvalue weighted by atomic mass is 9.83. The first-order valence-corrected chi connectivity index (χ1v) is 19.3. The highest BCUT2D eigenvalue weighted by atomic mass is 32.1. The molecule has 10 aromatic carbocycles. The third kappa shape index (κ3) is 4.85. The standard InChI is InChI=1S/C52H33NS/c1-3-17-37(18-4-1)53(38-19-5-2-6-20-38)48-29-28-44(39-21-9-10-22-40(39)48)52-43-25-12-11-24-42(43)51(46-31-34-15-7-8-16-35(34)32-47(46)52)36-27-30-50-45(33-36)41-23-13-14-26-49(41)54-50/h1-33H. The monoisotopic (exact) mass is 703 g/mol. The van der Waals surface area contributed by atoms with Gasteiger partial charge in [0.2, 0.25) is 0 Å². The molecule has 0 spiro atoms. The molecule has 2 heteroatoms. The number of thiophene rings is 1. The summed E-state index contributed by atoms with van der Waals surface area (Å²) in [7, 11) is 0. The van der Waals surface area contributed by atoms with E-state index in [0.717, 1.165) is 17.1 Å². The topological polar surface area (TPSA) is 3.24 Å². The van der Waals surface area contributed by atoms with Crippen molar-refractivity contribution in [2.24, 2.45) is 0 Å². The molecule has 11 aromatic rings. The zero-order valence-corrected chi connectivity index (χ0v) is 30.2. The molecule has 0 N–H and O–H groups in total. The van der Waals surface area contributed by atoms with Gasteiger partial charge in [0.25, 0.3) is 0 Å². The first-order valence-electron chi connectivity index (χ1n) is 18.5. The van der Waals surface area contributed by atoms with E-state index in [4.69, 9.17) is 0 Å². The van der Waals surface area contributed by atoms with Crippen LogP contribution in [0.5, 0.6) is 0 Å². The minimum absolute atomic E-state index is 1.13. The molecule has 0 amide bonds. The molecule has 0 unspecified atom stereocenters. The first-order chi connectivity index (χ1) is 26.8. The van der Waals surface area contributed by atoms with Gasteiger partial charge in [-0.15, -0.1) is 11.3 Å². The van der Waals surface area contributed by atoms with Gasteiger partial charge in [0.15, 0.2) is 0 Å². The van der Waals surface area contributed by atoms with Crippen LogP contribution in [0, 0.1) is 0 Å². The summed E-state index contributed by atoms with van der Waals surface area (Å²) in [4.78, 5) is 2.38. The third-order valence-electron chi connectivity index (χ3n) is 11.0. The quantitative estimate of drug-likeness (QED) is 0.161. The summed E-state index contributed by atoms with van der Waals surface area (Å²) in [5, 5.41) is 12.6. The minimum atomic E-state index is 1.13. The van der Waals surface area contributed by atoms with Crippen LogP contribution in [0.1, 0.15) is 0 Å². The number of nitrogens with zero attached hydrogens (tertiary/aromatic N) is 1. The molecule has 1 nitrogen and oxygen atoms in total. The number of hydrogen-bond donors (Lipinski definition) is 0. The Balaban J connectivity index is 1.23. The fraction of sp³-hybridized carbons (Fsp3) is 0. The van der Waals surface area contributed by atoms with Crippen LogP contribution in [0.4, 0.5) is 17.1 Å². The fourth-order valence-electron chi connectivity index (χ4n) is 8.62. The van der Waals surface area contributed by atoms with E-state index in [2.05, 4.69) is 205 Å². The molecule has 0 aliphatic carbocycles. The van der Waals surface area contributed by atoms with Crippen LogP contribution < -0.4 is 4.90 Å². The van der Waals surface area contributed by atoms with Crippen LogP contribution in [0.3, 0.4) is 0 Å². The Morgan fingerprint density at radius 2 is 0.833 bits per heavy atom. The van der Waals surface area contributed by atoms with Gasteiger partial charge >= 0.3 is 0 Å². The maximum absolute atomic E-state index is 2.43. The Morgan fingerprint density at radius 1 is 0.315 bits per heavy atom. The summed E-state index contributed by atoms with van der Waals surface area (Å²) >= 11 is 1.87. The van der Waals surface area contributed by atoms with Crippen molar-refractivity contribution in [3.63, 3.8) is 0 Å². The Morgan fingerprint density at radius 3 is 1.52 bits per heavy atom. The number of benzene rings is 10. The van der Waals surface area contributed by atoms with Gasteiger partial charge in [0, 0.05) is 36.9 Å². The predicted molar refractivity (Wildman–Crippen MR) is 235 cm³/mol. The molecule has 0 saturated carbocycles. The lowest BCUT2D eigenvalue weighted by Gasteiger charge is -2.28. The molecule has 0 fully saturated rings. The van der Waals surface area contributed by atoms with Gasteiger partial charge in [-0.25, -0.2) is 0 Å². The molecule has 11 rings (SSSR count). The molecule has 1 heterocycles. The summed E-state index contributed by atoms with van der Waals surface area (Å²) in [6.07, 6.45) is 0. The van der Waals surface area contributed by atoms with Gasteiger partial charge in [-0.2, -0.15) is 0 Å².